The van der Waals surface area contributed by atoms with Crippen LogP contribution in [0.2, 0.25) is 10.2 Å². The first kappa shape index (κ1) is 10.9. The highest BCUT2D eigenvalue weighted by atomic mass is 35.5. The van der Waals surface area contributed by atoms with Crippen LogP contribution in [-0.4, -0.2) is 16.0 Å². The van der Waals surface area contributed by atoms with E-state index in [0.29, 0.717) is 11.3 Å². The summed E-state index contributed by atoms with van der Waals surface area (Å²) in [6.45, 7) is 0. The van der Waals surface area contributed by atoms with Gasteiger partial charge in [-0.15, -0.1) is 0 Å². The minimum Gasteiger partial charge on any atom is -0.363 e. The van der Waals surface area contributed by atoms with Crippen molar-refractivity contribution >= 4 is 34.8 Å². The van der Waals surface area contributed by atoms with Crippen molar-refractivity contribution in [3.05, 3.63) is 40.5 Å². The van der Waals surface area contributed by atoms with E-state index in [0.717, 1.165) is 0 Å². The fraction of sp³-hybridized carbons (Fsp3) is 0. The monoisotopic (exact) mass is 257 g/mol. The van der Waals surface area contributed by atoms with Crippen LogP contribution in [0.1, 0.15) is 10.4 Å². The number of hydrogen-bond donors (Lipinski definition) is 1. The Morgan fingerprint density at radius 3 is 2.81 bits per heavy atom. The third-order valence-electron chi connectivity index (χ3n) is 1.75. The number of halogens is 2. The lowest BCUT2D eigenvalue weighted by Crippen LogP contribution is -2.11. The molecule has 16 heavy (non-hydrogen) atoms. The summed E-state index contributed by atoms with van der Waals surface area (Å²) >= 11 is 11.4. The van der Waals surface area contributed by atoms with Crippen molar-refractivity contribution in [3.8, 4) is 0 Å². The quantitative estimate of drug-likeness (QED) is 0.840. The lowest BCUT2D eigenvalue weighted by atomic mass is 10.2. The lowest BCUT2D eigenvalue weighted by Gasteiger charge is -2.02. The number of nitrogens with one attached hydrogen (secondary N) is 1. The van der Waals surface area contributed by atoms with E-state index in [1.54, 1.807) is 0 Å². The molecule has 0 saturated heterocycles. The van der Waals surface area contributed by atoms with Crippen LogP contribution < -0.4 is 5.32 Å². The summed E-state index contributed by atoms with van der Waals surface area (Å²) in [5, 5.41) is 6.37. The Kier molecular flexibility index (Phi) is 3.07. The van der Waals surface area contributed by atoms with Gasteiger partial charge in [-0.1, -0.05) is 28.4 Å². The minimum absolute atomic E-state index is 0.156. The van der Waals surface area contributed by atoms with Crippen molar-refractivity contribution in [2.75, 3.05) is 5.32 Å². The molecule has 0 saturated carbocycles. The Morgan fingerprint density at radius 1 is 1.38 bits per heavy atom. The number of pyridine rings is 1. The van der Waals surface area contributed by atoms with E-state index < -0.39 is 0 Å². The summed E-state index contributed by atoms with van der Waals surface area (Å²) in [5.74, 6) is -0.366. The number of amides is 1. The topological polar surface area (TPSA) is 68.0 Å². The van der Waals surface area contributed by atoms with Gasteiger partial charge in [0.2, 0.25) is 0 Å². The molecule has 0 bridgehead atoms. The third kappa shape index (κ3) is 2.32. The normalized spacial score (nSPS) is 10.1. The average Bonchev–Trinajstić information content (AvgIpc) is 2.74. The molecule has 2 heterocycles. The molecule has 82 valence electrons. The SMILES string of the molecule is O=C(Nc1cnoc1)c1cnc(Cl)c(Cl)c1. The molecule has 0 aromatic carbocycles. The van der Waals surface area contributed by atoms with Crippen LogP contribution >= 0.6 is 23.2 Å². The molecule has 2 aromatic rings. The molecule has 2 rings (SSSR count). The van der Waals surface area contributed by atoms with Gasteiger partial charge in [0.05, 0.1) is 16.8 Å². The molecule has 0 fully saturated rings. The van der Waals surface area contributed by atoms with E-state index in [9.17, 15) is 4.79 Å². The van der Waals surface area contributed by atoms with E-state index in [4.69, 9.17) is 23.2 Å². The van der Waals surface area contributed by atoms with E-state index in [1.807, 2.05) is 0 Å². The molecule has 0 aliphatic rings. The first-order valence-electron chi connectivity index (χ1n) is 4.18. The highest BCUT2D eigenvalue weighted by molar-refractivity contribution is 6.41. The number of carbonyl (C=O) groups is 1. The molecule has 1 amide bonds. The van der Waals surface area contributed by atoms with Gasteiger partial charge in [0.25, 0.3) is 5.91 Å². The van der Waals surface area contributed by atoms with Gasteiger partial charge in [-0.2, -0.15) is 0 Å². The standard InChI is InChI=1S/C9H5Cl2N3O2/c10-7-1-5(2-12-8(7)11)9(15)14-6-3-13-16-4-6/h1-4H,(H,14,15). The van der Waals surface area contributed by atoms with Gasteiger partial charge < -0.3 is 9.84 Å². The summed E-state index contributed by atoms with van der Waals surface area (Å²) in [6.07, 6.45) is 4.02. The predicted octanol–water partition coefficient (Wildman–Crippen LogP) is 2.63. The number of carbonyl (C=O) groups excluding carboxylic acids is 1. The summed E-state index contributed by atoms with van der Waals surface area (Å²) in [7, 11) is 0. The van der Waals surface area contributed by atoms with Gasteiger partial charge in [-0.05, 0) is 6.07 Å². The zero-order chi connectivity index (χ0) is 11.5. The maximum atomic E-state index is 11.7. The van der Waals surface area contributed by atoms with Crippen molar-refractivity contribution in [3.63, 3.8) is 0 Å². The Labute approximate surface area is 100 Å². The van der Waals surface area contributed by atoms with Crippen LogP contribution in [0.4, 0.5) is 5.69 Å². The number of hydrogen-bond acceptors (Lipinski definition) is 4. The molecule has 0 aliphatic carbocycles. The first-order chi connectivity index (χ1) is 7.66. The van der Waals surface area contributed by atoms with Crippen LogP contribution in [-0.2, 0) is 0 Å². The molecule has 0 aliphatic heterocycles. The Morgan fingerprint density at radius 2 is 2.19 bits per heavy atom. The van der Waals surface area contributed by atoms with Crippen molar-refractivity contribution in [1.29, 1.82) is 0 Å². The van der Waals surface area contributed by atoms with Crippen LogP contribution in [0.15, 0.2) is 29.2 Å². The first-order valence-corrected chi connectivity index (χ1v) is 4.94. The van der Waals surface area contributed by atoms with Crippen LogP contribution in [0.25, 0.3) is 0 Å². The van der Waals surface area contributed by atoms with Crippen molar-refractivity contribution in [2.45, 2.75) is 0 Å². The molecule has 1 N–H and O–H groups in total. The molecular formula is C9H5Cl2N3O2. The summed E-state index contributed by atoms with van der Waals surface area (Å²) < 4.78 is 4.57. The Bertz CT molecular complexity index is 513. The van der Waals surface area contributed by atoms with Gasteiger partial charge in [-0.3, -0.25) is 4.79 Å². The minimum atomic E-state index is -0.366. The number of aromatic nitrogens is 2. The molecule has 0 unspecified atom stereocenters. The molecule has 2 aromatic heterocycles. The lowest BCUT2D eigenvalue weighted by molar-refractivity contribution is 0.102. The number of anilines is 1. The fourth-order valence-electron chi connectivity index (χ4n) is 1.02. The maximum Gasteiger partial charge on any atom is 0.257 e. The predicted molar refractivity (Wildman–Crippen MR) is 58.7 cm³/mol. The van der Waals surface area contributed by atoms with Crippen molar-refractivity contribution in [1.82, 2.24) is 10.1 Å². The maximum absolute atomic E-state index is 11.7. The van der Waals surface area contributed by atoms with Crippen molar-refractivity contribution in [2.24, 2.45) is 0 Å². The second-order valence-electron chi connectivity index (χ2n) is 2.86. The van der Waals surface area contributed by atoms with Gasteiger partial charge in [0.15, 0.2) is 0 Å². The Balaban J connectivity index is 2.18. The highest BCUT2D eigenvalue weighted by Crippen LogP contribution is 2.20. The third-order valence-corrected chi connectivity index (χ3v) is 2.43. The summed E-state index contributed by atoms with van der Waals surface area (Å²) in [4.78, 5) is 15.4. The van der Waals surface area contributed by atoms with Crippen molar-refractivity contribution < 1.29 is 9.32 Å². The summed E-state index contributed by atoms with van der Waals surface area (Å²) in [6, 6.07) is 1.43. The molecular weight excluding hydrogens is 253 g/mol. The second kappa shape index (κ2) is 4.51. The smallest absolute Gasteiger partial charge is 0.257 e. The molecule has 7 heteroatoms. The van der Waals surface area contributed by atoms with Gasteiger partial charge in [0.1, 0.15) is 17.1 Å². The molecule has 0 atom stereocenters. The van der Waals surface area contributed by atoms with Crippen LogP contribution in [0, 0.1) is 0 Å². The number of rotatable bonds is 2. The molecule has 5 nitrogen and oxygen atoms in total. The second-order valence-corrected chi connectivity index (χ2v) is 3.63. The Hall–Kier alpha value is -1.59. The highest BCUT2D eigenvalue weighted by Gasteiger charge is 2.10. The number of nitrogens with zero attached hydrogens (tertiary/aromatic N) is 2. The zero-order valence-electron chi connectivity index (χ0n) is 7.78. The van der Waals surface area contributed by atoms with Gasteiger partial charge in [-0.25, -0.2) is 4.98 Å². The average molecular weight is 258 g/mol. The largest absolute Gasteiger partial charge is 0.363 e. The van der Waals surface area contributed by atoms with Gasteiger partial charge in [0, 0.05) is 6.20 Å². The van der Waals surface area contributed by atoms with E-state index >= 15 is 0 Å². The fourth-order valence-corrected chi connectivity index (χ4v) is 1.28. The molecule has 0 spiro atoms. The van der Waals surface area contributed by atoms with Crippen LogP contribution in [0.3, 0.4) is 0 Å². The molecule has 0 radical (unpaired) electrons. The van der Waals surface area contributed by atoms with Crippen LogP contribution in [0.5, 0.6) is 0 Å². The van der Waals surface area contributed by atoms with Gasteiger partial charge >= 0.3 is 0 Å². The van der Waals surface area contributed by atoms with E-state index in [1.165, 1.54) is 24.7 Å². The summed E-state index contributed by atoms with van der Waals surface area (Å²) in [5.41, 5.74) is 0.756. The van der Waals surface area contributed by atoms with E-state index in [2.05, 4.69) is 20.0 Å². The van der Waals surface area contributed by atoms with E-state index in [-0.39, 0.29) is 16.1 Å². The zero-order valence-corrected chi connectivity index (χ0v) is 9.29.